The van der Waals surface area contributed by atoms with Gasteiger partial charge in [-0.3, -0.25) is 0 Å². The lowest BCUT2D eigenvalue weighted by Gasteiger charge is -2.37. The Balaban J connectivity index is 1.08. The Morgan fingerprint density at radius 1 is 0.320 bits per heavy atom. The Morgan fingerprint density at radius 2 is 0.747 bits per heavy atom. The Bertz CT molecular complexity index is 4120. The van der Waals surface area contributed by atoms with Crippen molar-refractivity contribution in [3.05, 3.63) is 323 Å². The molecule has 2 aliphatic rings. The molecule has 352 valence electrons. The zero-order valence-electron chi connectivity index (χ0n) is 41.5. The summed E-state index contributed by atoms with van der Waals surface area (Å²) >= 11 is 0. The number of benzene rings is 13. The normalized spacial score (nSPS) is 13.7. The van der Waals surface area contributed by atoms with E-state index in [-0.39, 0.29) is 0 Å². The standard InChI is InChI=1S/C73H50N2/c1-47-19-16-20-49(43-47)63-44-50-38-40-61-68(74)42-39-48-37-41-62(70(50)69(48)61)71(63)75(55-27-17-25-53(45-55)72(51-21-4-2-5-22-51)64-33-12-8-29-57(64)58-30-9-13-34-65(58)72)56-28-18-26-54(46-56)73(52-23-6-3-7-24-52)66-35-14-10-31-59(66)60-32-11-15-36-67(60)73/h2-46H,74H2,1H3. The molecule has 0 radical (unpaired) electrons. The molecule has 2 heteroatoms. The van der Waals surface area contributed by atoms with Gasteiger partial charge in [-0.1, -0.05) is 242 Å². The molecule has 0 saturated heterocycles. The first-order chi connectivity index (χ1) is 37.0. The van der Waals surface area contributed by atoms with Gasteiger partial charge in [-0.05, 0) is 137 Å². The Morgan fingerprint density at radius 3 is 1.27 bits per heavy atom. The van der Waals surface area contributed by atoms with Crippen LogP contribution < -0.4 is 10.6 Å². The first-order valence-corrected chi connectivity index (χ1v) is 26.1. The summed E-state index contributed by atoms with van der Waals surface area (Å²) in [5.41, 5.74) is 28.3. The fourth-order valence-corrected chi connectivity index (χ4v) is 13.7. The van der Waals surface area contributed by atoms with Crippen molar-refractivity contribution in [2.45, 2.75) is 17.8 Å². The largest absolute Gasteiger partial charge is 0.398 e. The summed E-state index contributed by atoms with van der Waals surface area (Å²) in [7, 11) is 0. The van der Waals surface area contributed by atoms with Crippen LogP contribution in [0.1, 0.15) is 50.1 Å². The summed E-state index contributed by atoms with van der Waals surface area (Å²) in [5, 5.41) is 6.98. The van der Waals surface area contributed by atoms with E-state index in [0.29, 0.717) is 0 Å². The van der Waals surface area contributed by atoms with Gasteiger partial charge in [-0.15, -0.1) is 0 Å². The van der Waals surface area contributed by atoms with Crippen LogP contribution in [0.4, 0.5) is 22.7 Å². The highest BCUT2D eigenvalue weighted by molar-refractivity contribution is 6.29. The first-order valence-electron chi connectivity index (χ1n) is 26.1. The third-order valence-electron chi connectivity index (χ3n) is 16.7. The molecule has 2 N–H and O–H groups in total. The second kappa shape index (κ2) is 16.5. The third kappa shape index (κ3) is 6.08. The summed E-state index contributed by atoms with van der Waals surface area (Å²) < 4.78 is 0. The maximum absolute atomic E-state index is 6.88. The van der Waals surface area contributed by atoms with Crippen molar-refractivity contribution >= 4 is 55.1 Å². The van der Waals surface area contributed by atoms with Gasteiger partial charge in [-0.2, -0.15) is 0 Å². The van der Waals surface area contributed by atoms with E-state index in [1.807, 2.05) is 6.07 Å². The van der Waals surface area contributed by atoms with Gasteiger partial charge < -0.3 is 10.6 Å². The van der Waals surface area contributed by atoms with Crippen molar-refractivity contribution in [3.8, 4) is 33.4 Å². The summed E-state index contributed by atoms with van der Waals surface area (Å²) in [6.45, 7) is 2.20. The highest BCUT2D eigenvalue weighted by Gasteiger charge is 2.48. The Hall–Kier alpha value is -9.50. The van der Waals surface area contributed by atoms with E-state index < -0.39 is 10.8 Å². The van der Waals surface area contributed by atoms with Gasteiger partial charge in [0, 0.05) is 33.4 Å². The molecule has 2 aliphatic carbocycles. The number of anilines is 4. The summed E-state index contributed by atoms with van der Waals surface area (Å²) in [5.74, 6) is 0. The van der Waals surface area contributed by atoms with E-state index in [0.717, 1.165) is 44.6 Å². The average Bonchev–Trinajstić information content (AvgIpc) is 3.97. The monoisotopic (exact) mass is 954 g/mol. The molecule has 0 aromatic heterocycles. The molecule has 0 aliphatic heterocycles. The highest BCUT2D eigenvalue weighted by atomic mass is 15.1. The van der Waals surface area contributed by atoms with Gasteiger partial charge in [0.15, 0.2) is 0 Å². The Labute approximate surface area is 437 Å². The lowest BCUT2D eigenvalue weighted by molar-refractivity contribution is 0.767. The minimum Gasteiger partial charge on any atom is -0.398 e. The number of hydrogen-bond acceptors (Lipinski definition) is 2. The van der Waals surface area contributed by atoms with Gasteiger partial charge in [0.1, 0.15) is 0 Å². The molecule has 0 heterocycles. The van der Waals surface area contributed by atoms with Crippen LogP contribution >= 0.6 is 0 Å². The SMILES string of the molecule is Cc1cccc(-c2cc3ccc4c(N)ccc5ccc(c2N(c2cccc(C6(c7ccccc7)c7ccccc7-c7ccccc76)c2)c2cccc(C6(c7ccccc7)c7ccccc7-c7ccccc76)c2)c3c54)c1. The van der Waals surface area contributed by atoms with E-state index in [4.69, 9.17) is 5.73 Å². The molecule has 0 atom stereocenters. The van der Waals surface area contributed by atoms with Crippen molar-refractivity contribution in [1.29, 1.82) is 0 Å². The van der Waals surface area contributed by atoms with E-state index in [1.165, 1.54) is 93.9 Å². The molecule has 0 fully saturated rings. The fourth-order valence-electron chi connectivity index (χ4n) is 13.7. The van der Waals surface area contributed by atoms with E-state index >= 15 is 0 Å². The number of nitrogen functional groups attached to an aromatic ring is 1. The van der Waals surface area contributed by atoms with Crippen molar-refractivity contribution in [2.75, 3.05) is 10.6 Å². The molecular formula is C73H50N2. The van der Waals surface area contributed by atoms with Crippen molar-refractivity contribution < 1.29 is 0 Å². The lowest BCUT2D eigenvalue weighted by Crippen LogP contribution is -2.29. The minimum atomic E-state index is -0.605. The smallest absolute Gasteiger partial charge is 0.0714 e. The molecule has 0 amide bonds. The number of rotatable bonds is 8. The van der Waals surface area contributed by atoms with Gasteiger partial charge in [0.05, 0.1) is 16.5 Å². The molecule has 13 aromatic rings. The summed E-state index contributed by atoms with van der Waals surface area (Å²) in [6, 6.07) is 102. The van der Waals surface area contributed by atoms with Gasteiger partial charge in [-0.25, -0.2) is 0 Å². The fraction of sp³-hybridized carbons (Fsp3) is 0.0411. The lowest BCUT2D eigenvalue weighted by atomic mass is 9.67. The topological polar surface area (TPSA) is 29.3 Å². The van der Waals surface area contributed by atoms with E-state index in [9.17, 15) is 0 Å². The summed E-state index contributed by atoms with van der Waals surface area (Å²) in [6.07, 6.45) is 0. The average molecular weight is 955 g/mol. The minimum absolute atomic E-state index is 0.605. The number of hydrogen-bond donors (Lipinski definition) is 1. The molecule has 0 bridgehead atoms. The quantitative estimate of drug-likeness (QED) is 0.121. The Kier molecular flexibility index (Phi) is 9.49. The van der Waals surface area contributed by atoms with Crippen LogP contribution in [-0.2, 0) is 10.8 Å². The van der Waals surface area contributed by atoms with Crippen LogP contribution in [0.15, 0.2) is 273 Å². The van der Waals surface area contributed by atoms with Gasteiger partial charge in [0.2, 0.25) is 0 Å². The molecule has 0 spiro atoms. The number of aryl methyl sites for hydroxylation is 1. The zero-order valence-corrected chi connectivity index (χ0v) is 41.5. The van der Waals surface area contributed by atoms with Crippen LogP contribution in [0.3, 0.4) is 0 Å². The second-order valence-electron chi connectivity index (χ2n) is 20.6. The highest BCUT2D eigenvalue weighted by Crippen LogP contribution is 2.59. The number of nitrogens with zero attached hydrogens (tertiary/aromatic N) is 1. The predicted molar refractivity (Wildman–Crippen MR) is 314 cm³/mol. The second-order valence-corrected chi connectivity index (χ2v) is 20.6. The molecule has 75 heavy (non-hydrogen) atoms. The number of nitrogens with two attached hydrogens (primary N) is 1. The van der Waals surface area contributed by atoms with Crippen LogP contribution in [0.25, 0.3) is 65.7 Å². The molecule has 0 saturated carbocycles. The maximum atomic E-state index is 6.88. The summed E-state index contributed by atoms with van der Waals surface area (Å²) in [4.78, 5) is 2.58. The number of fused-ring (bicyclic) bond motifs is 6. The van der Waals surface area contributed by atoms with Crippen molar-refractivity contribution in [1.82, 2.24) is 0 Å². The van der Waals surface area contributed by atoms with Crippen molar-refractivity contribution in [3.63, 3.8) is 0 Å². The molecule has 13 aromatic carbocycles. The predicted octanol–water partition coefficient (Wildman–Crippen LogP) is 18.3. The van der Waals surface area contributed by atoms with Gasteiger partial charge in [0.25, 0.3) is 0 Å². The zero-order chi connectivity index (χ0) is 49.8. The van der Waals surface area contributed by atoms with Crippen LogP contribution in [-0.4, -0.2) is 0 Å². The maximum Gasteiger partial charge on any atom is 0.0714 e. The van der Waals surface area contributed by atoms with Crippen LogP contribution in [0.2, 0.25) is 0 Å². The van der Waals surface area contributed by atoms with Crippen LogP contribution in [0.5, 0.6) is 0 Å². The third-order valence-corrected chi connectivity index (χ3v) is 16.7. The van der Waals surface area contributed by atoms with E-state index in [1.54, 1.807) is 0 Å². The molecule has 0 unspecified atom stereocenters. The molecule has 2 nitrogen and oxygen atoms in total. The molecular weight excluding hydrogens is 905 g/mol. The van der Waals surface area contributed by atoms with E-state index in [2.05, 4.69) is 279 Å². The van der Waals surface area contributed by atoms with Crippen molar-refractivity contribution in [2.24, 2.45) is 0 Å². The first kappa shape index (κ1) is 43.1. The van der Waals surface area contributed by atoms with Gasteiger partial charge >= 0.3 is 0 Å². The molecule has 15 rings (SSSR count). The van der Waals surface area contributed by atoms with Crippen LogP contribution in [0, 0.1) is 6.92 Å².